The lowest BCUT2D eigenvalue weighted by Crippen LogP contribution is -2.55. The van der Waals surface area contributed by atoms with Crippen molar-refractivity contribution < 1.29 is 14.7 Å². The van der Waals surface area contributed by atoms with E-state index in [0.717, 1.165) is 25.7 Å². The van der Waals surface area contributed by atoms with Crippen molar-refractivity contribution in [3.8, 4) is 0 Å². The van der Waals surface area contributed by atoms with E-state index in [-0.39, 0.29) is 12.1 Å². The van der Waals surface area contributed by atoms with Crippen molar-refractivity contribution in [1.82, 2.24) is 9.80 Å². The van der Waals surface area contributed by atoms with Crippen molar-refractivity contribution in [3.05, 3.63) is 0 Å². The number of rotatable bonds is 2. The summed E-state index contributed by atoms with van der Waals surface area (Å²) in [7, 11) is 1.84. The molecule has 120 valence electrons. The molecule has 0 aromatic carbocycles. The fraction of sp³-hybridized carbons (Fsp3) is 0.875. The Morgan fingerprint density at radius 2 is 1.76 bits per heavy atom. The van der Waals surface area contributed by atoms with Crippen molar-refractivity contribution in [2.24, 2.45) is 11.8 Å². The lowest BCUT2D eigenvalue weighted by molar-refractivity contribution is -0.144. The first-order valence-electron chi connectivity index (χ1n) is 8.16. The Morgan fingerprint density at radius 1 is 1.10 bits per heavy atom. The summed E-state index contributed by atoms with van der Waals surface area (Å²) in [5, 5.41) is 9.40. The highest BCUT2D eigenvalue weighted by atomic mass is 16.4. The third-order valence-electron chi connectivity index (χ3n) is 5.15. The lowest BCUT2D eigenvalue weighted by atomic mass is 9.86. The van der Waals surface area contributed by atoms with Gasteiger partial charge in [-0.05, 0) is 37.5 Å². The second kappa shape index (κ2) is 6.67. The van der Waals surface area contributed by atoms with E-state index in [0.29, 0.717) is 24.8 Å². The molecule has 0 aromatic rings. The van der Waals surface area contributed by atoms with Gasteiger partial charge < -0.3 is 14.9 Å². The lowest BCUT2D eigenvalue weighted by Gasteiger charge is -2.41. The van der Waals surface area contributed by atoms with Gasteiger partial charge in [0.2, 0.25) is 0 Å². The topological polar surface area (TPSA) is 60.9 Å². The zero-order valence-corrected chi connectivity index (χ0v) is 13.4. The van der Waals surface area contributed by atoms with Gasteiger partial charge in [0.05, 0.1) is 0 Å². The van der Waals surface area contributed by atoms with E-state index in [2.05, 4.69) is 13.8 Å². The zero-order valence-electron chi connectivity index (χ0n) is 13.4. The molecule has 2 rings (SSSR count). The highest BCUT2D eigenvalue weighted by Gasteiger charge is 2.37. The minimum Gasteiger partial charge on any atom is -0.480 e. The van der Waals surface area contributed by atoms with Crippen LogP contribution in [0.5, 0.6) is 0 Å². The molecule has 1 saturated carbocycles. The van der Waals surface area contributed by atoms with Gasteiger partial charge >= 0.3 is 12.0 Å². The van der Waals surface area contributed by atoms with Crippen molar-refractivity contribution in [3.63, 3.8) is 0 Å². The molecule has 4 atom stereocenters. The predicted octanol–water partition coefficient (Wildman–Crippen LogP) is 2.80. The second-order valence-corrected chi connectivity index (χ2v) is 7.00. The largest absolute Gasteiger partial charge is 0.480 e. The minimum absolute atomic E-state index is 0.103. The monoisotopic (exact) mass is 296 g/mol. The maximum absolute atomic E-state index is 12.7. The van der Waals surface area contributed by atoms with E-state index in [1.165, 1.54) is 6.42 Å². The minimum atomic E-state index is -0.875. The number of aliphatic carboxylic acids is 1. The number of carboxylic acid groups (broad SMARTS) is 1. The SMILES string of the molecule is CC1CCCC(N(C)C(=O)N2CCC(C)CC2C(=O)O)C1. The van der Waals surface area contributed by atoms with Crippen LogP contribution in [-0.4, -0.2) is 52.6 Å². The Labute approximate surface area is 127 Å². The summed E-state index contributed by atoms with van der Waals surface area (Å²) >= 11 is 0. The molecule has 2 aliphatic rings. The van der Waals surface area contributed by atoms with Crippen molar-refractivity contribution in [2.75, 3.05) is 13.6 Å². The standard InChI is InChI=1S/C16H28N2O3/c1-11-5-4-6-13(9-11)17(3)16(21)18-8-7-12(2)10-14(18)15(19)20/h11-14H,4-10H2,1-3H3,(H,19,20). The highest BCUT2D eigenvalue weighted by molar-refractivity contribution is 5.83. The third-order valence-corrected chi connectivity index (χ3v) is 5.15. The first-order chi connectivity index (χ1) is 9.90. The Morgan fingerprint density at radius 3 is 2.38 bits per heavy atom. The van der Waals surface area contributed by atoms with Gasteiger partial charge in [-0.15, -0.1) is 0 Å². The molecule has 5 heteroatoms. The van der Waals surface area contributed by atoms with Crippen LogP contribution in [0.4, 0.5) is 4.79 Å². The van der Waals surface area contributed by atoms with E-state index >= 15 is 0 Å². The Balaban J connectivity index is 2.04. The molecule has 5 nitrogen and oxygen atoms in total. The molecule has 0 spiro atoms. The number of urea groups is 1. The Bertz CT molecular complexity index is 399. The van der Waals surface area contributed by atoms with Crippen molar-refractivity contribution in [1.29, 1.82) is 0 Å². The maximum Gasteiger partial charge on any atom is 0.326 e. The summed E-state index contributed by atoms with van der Waals surface area (Å²) in [6.07, 6.45) is 5.92. The van der Waals surface area contributed by atoms with E-state index in [1.54, 1.807) is 9.80 Å². The van der Waals surface area contributed by atoms with Crippen LogP contribution < -0.4 is 0 Å². The molecular formula is C16H28N2O3. The van der Waals surface area contributed by atoms with Crippen LogP contribution in [0.15, 0.2) is 0 Å². The molecule has 0 aromatic heterocycles. The first-order valence-corrected chi connectivity index (χ1v) is 8.16. The number of piperidine rings is 1. The van der Waals surface area contributed by atoms with E-state index in [9.17, 15) is 14.7 Å². The molecule has 2 fully saturated rings. The summed E-state index contributed by atoms with van der Waals surface area (Å²) in [5.74, 6) is 0.145. The molecule has 1 aliphatic carbocycles. The van der Waals surface area contributed by atoms with E-state index in [4.69, 9.17) is 0 Å². The molecular weight excluding hydrogens is 268 g/mol. The van der Waals surface area contributed by atoms with Crippen LogP contribution in [0.3, 0.4) is 0 Å². The Hall–Kier alpha value is -1.26. The number of carbonyl (C=O) groups excluding carboxylic acids is 1. The van der Waals surface area contributed by atoms with Crippen LogP contribution in [0, 0.1) is 11.8 Å². The normalized spacial score (nSPS) is 33.6. The van der Waals surface area contributed by atoms with Gasteiger partial charge in [0.15, 0.2) is 0 Å². The van der Waals surface area contributed by atoms with Crippen LogP contribution in [0.1, 0.15) is 52.4 Å². The summed E-state index contributed by atoms with van der Waals surface area (Å²) in [4.78, 5) is 27.5. The fourth-order valence-electron chi connectivity index (χ4n) is 3.72. The van der Waals surface area contributed by atoms with Crippen LogP contribution in [-0.2, 0) is 4.79 Å². The van der Waals surface area contributed by atoms with Gasteiger partial charge in [-0.3, -0.25) is 0 Å². The van der Waals surface area contributed by atoms with Gasteiger partial charge in [0.1, 0.15) is 6.04 Å². The summed E-state index contributed by atoms with van der Waals surface area (Å²) in [5.41, 5.74) is 0. The smallest absolute Gasteiger partial charge is 0.326 e. The van der Waals surface area contributed by atoms with Gasteiger partial charge in [-0.1, -0.05) is 26.7 Å². The van der Waals surface area contributed by atoms with Gasteiger partial charge in [-0.25, -0.2) is 9.59 Å². The van der Waals surface area contributed by atoms with Gasteiger partial charge in [0, 0.05) is 19.6 Å². The molecule has 21 heavy (non-hydrogen) atoms. The number of hydrogen-bond acceptors (Lipinski definition) is 2. The summed E-state index contributed by atoms with van der Waals surface area (Å²) in [6, 6.07) is -0.506. The van der Waals surface area contributed by atoms with Crippen molar-refractivity contribution >= 4 is 12.0 Å². The maximum atomic E-state index is 12.7. The average Bonchev–Trinajstić information content (AvgIpc) is 2.45. The molecule has 0 radical (unpaired) electrons. The van der Waals surface area contributed by atoms with E-state index < -0.39 is 12.0 Å². The molecule has 2 amide bonds. The quantitative estimate of drug-likeness (QED) is 0.852. The third kappa shape index (κ3) is 3.69. The number of carbonyl (C=O) groups is 2. The number of hydrogen-bond donors (Lipinski definition) is 1. The Kier molecular flexibility index (Phi) is 5.12. The predicted molar refractivity (Wildman–Crippen MR) is 81.1 cm³/mol. The summed E-state index contributed by atoms with van der Waals surface area (Å²) in [6.45, 7) is 4.85. The van der Waals surface area contributed by atoms with Crippen molar-refractivity contribution in [2.45, 2.75) is 64.5 Å². The van der Waals surface area contributed by atoms with Crippen LogP contribution >= 0.6 is 0 Å². The summed E-state index contributed by atoms with van der Waals surface area (Å²) < 4.78 is 0. The molecule has 0 bridgehead atoms. The highest BCUT2D eigenvalue weighted by Crippen LogP contribution is 2.29. The zero-order chi connectivity index (χ0) is 15.6. The molecule has 4 unspecified atom stereocenters. The average molecular weight is 296 g/mol. The van der Waals surface area contributed by atoms with Crippen LogP contribution in [0.2, 0.25) is 0 Å². The fourth-order valence-corrected chi connectivity index (χ4v) is 3.72. The number of carboxylic acids is 1. The molecule has 1 N–H and O–H groups in total. The van der Waals surface area contributed by atoms with E-state index in [1.807, 2.05) is 7.05 Å². The van der Waals surface area contributed by atoms with Gasteiger partial charge in [-0.2, -0.15) is 0 Å². The van der Waals surface area contributed by atoms with Crippen LogP contribution in [0.25, 0.3) is 0 Å². The first kappa shape index (κ1) is 16.1. The number of nitrogens with zero attached hydrogens (tertiary/aromatic N) is 2. The number of amides is 2. The van der Waals surface area contributed by atoms with Gasteiger partial charge in [0.25, 0.3) is 0 Å². The number of likely N-dealkylation sites (tertiary alicyclic amines) is 1. The molecule has 1 heterocycles. The molecule has 1 aliphatic heterocycles. The molecule has 1 saturated heterocycles. The second-order valence-electron chi connectivity index (χ2n) is 7.00.